The third kappa shape index (κ3) is 8.33. The molecule has 1 saturated heterocycles. The van der Waals surface area contributed by atoms with E-state index in [1.807, 2.05) is 18.2 Å². The number of ether oxygens (including phenoxy) is 2. The Morgan fingerprint density at radius 1 is 1.19 bits per heavy atom. The van der Waals surface area contributed by atoms with Crippen LogP contribution in [-0.4, -0.2) is 49.9 Å². The molecule has 4 atom stereocenters. The average Bonchev–Trinajstić information content (AvgIpc) is 3.67. The van der Waals surface area contributed by atoms with Crippen molar-refractivity contribution in [3.05, 3.63) is 108 Å². The second-order valence-electron chi connectivity index (χ2n) is 11.1. The first-order valence-corrected chi connectivity index (χ1v) is 17.1. The minimum Gasteiger partial charge on any atom is -0.459 e. The van der Waals surface area contributed by atoms with Gasteiger partial charge in [0.25, 0.3) is 11.2 Å². The van der Waals surface area contributed by atoms with Crippen molar-refractivity contribution in [3.8, 4) is 5.75 Å². The number of aliphatic hydroxyl groups excluding tert-OH is 1. The summed E-state index contributed by atoms with van der Waals surface area (Å²) in [6.07, 6.45) is 1.15. The number of nitrogens with zero attached hydrogens (tertiary/aromatic N) is 2. The quantitative estimate of drug-likeness (QED) is 0.0974. The Labute approximate surface area is 276 Å². The topological polar surface area (TPSA) is 201 Å². The van der Waals surface area contributed by atoms with Gasteiger partial charge in [-0.1, -0.05) is 59.1 Å². The molecule has 5 rings (SSSR count). The third-order valence-corrected chi connectivity index (χ3v) is 9.75. The van der Waals surface area contributed by atoms with Crippen LogP contribution >= 0.6 is 23.7 Å². The first kappa shape index (κ1) is 34.4. The predicted molar refractivity (Wildman–Crippen MR) is 172 cm³/mol. The number of H-pyrrole nitrogens is 1. The van der Waals surface area contributed by atoms with Gasteiger partial charge in [-0.3, -0.25) is 33.8 Å². The number of nitro benzene ring substituents is 1. The number of aromatic nitrogens is 2. The van der Waals surface area contributed by atoms with Crippen LogP contribution in [0.3, 0.4) is 0 Å². The highest BCUT2D eigenvalue weighted by atomic mass is 79.9. The van der Waals surface area contributed by atoms with E-state index in [1.165, 1.54) is 29.4 Å². The summed E-state index contributed by atoms with van der Waals surface area (Å²) in [6, 6.07) is 13.9. The van der Waals surface area contributed by atoms with Crippen LogP contribution in [0.1, 0.15) is 49.5 Å². The molecule has 1 aliphatic carbocycles. The zero-order valence-electron chi connectivity index (χ0n) is 24.9. The van der Waals surface area contributed by atoms with Crippen molar-refractivity contribution in [2.45, 2.75) is 62.7 Å². The van der Waals surface area contributed by atoms with Crippen molar-refractivity contribution >= 4 is 41.4 Å². The fourth-order valence-corrected chi connectivity index (χ4v) is 7.45. The van der Waals surface area contributed by atoms with E-state index >= 15 is 0 Å². The highest BCUT2D eigenvalue weighted by molar-refractivity contribution is 9.11. The molecular weight excluding hydrogens is 703 g/mol. The van der Waals surface area contributed by atoms with E-state index in [9.17, 15) is 34.2 Å². The molecule has 1 saturated carbocycles. The van der Waals surface area contributed by atoms with Crippen LogP contribution in [0, 0.1) is 10.1 Å². The zero-order valence-corrected chi connectivity index (χ0v) is 27.3. The Hall–Kier alpha value is -3.92. The Balaban J connectivity index is 1.36. The maximum atomic E-state index is 14.4. The first-order chi connectivity index (χ1) is 22.5. The molecule has 2 aromatic carbocycles. The van der Waals surface area contributed by atoms with Crippen molar-refractivity contribution in [1.29, 1.82) is 0 Å². The minimum atomic E-state index is -4.49. The molecule has 15 nitrogen and oxygen atoms in total. The van der Waals surface area contributed by atoms with Crippen LogP contribution in [0.25, 0.3) is 6.08 Å². The summed E-state index contributed by atoms with van der Waals surface area (Å²) >= 11 is 3.09. The van der Waals surface area contributed by atoms with Crippen LogP contribution < -0.4 is 20.9 Å². The minimum absolute atomic E-state index is 0.0156. The SMILES string of the molecule is O=C(OCc1ccccc1)C1(NP(=O)(OC[C@H]2O[C@@H](n3cc(C=CBr)c(=O)[nH]c3=O)CC2O)Oc2ccc([N+](=O)[O-])cc2)CCCC1. The van der Waals surface area contributed by atoms with Crippen molar-refractivity contribution in [2.24, 2.45) is 0 Å². The lowest BCUT2D eigenvalue weighted by Gasteiger charge is -2.32. The Morgan fingerprint density at radius 3 is 2.55 bits per heavy atom. The summed E-state index contributed by atoms with van der Waals surface area (Å²) < 4.78 is 38.6. The zero-order chi connectivity index (χ0) is 33.6. The number of halogens is 1. The van der Waals surface area contributed by atoms with Crippen LogP contribution in [0.15, 0.2) is 75.4 Å². The van der Waals surface area contributed by atoms with E-state index in [4.69, 9.17) is 18.5 Å². The molecule has 47 heavy (non-hydrogen) atoms. The molecule has 1 aromatic heterocycles. The summed E-state index contributed by atoms with van der Waals surface area (Å²) in [6.45, 7) is -0.519. The number of non-ortho nitro benzene ring substituents is 1. The second kappa shape index (κ2) is 14.9. The lowest BCUT2D eigenvalue weighted by molar-refractivity contribution is -0.384. The van der Waals surface area contributed by atoms with Gasteiger partial charge in [0.05, 0.1) is 23.2 Å². The molecular formula is C30H32BrN4O11P. The molecule has 250 valence electrons. The summed E-state index contributed by atoms with van der Waals surface area (Å²) in [5.41, 5.74) is -2.12. The standard InChI is InChI=1S/C30H32BrN4O11P/c31-15-12-21-17-34(29(39)32-27(21)37)26-16-24(36)25(45-26)19-44-47(42,46-23-10-8-22(9-11-23)35(40)41)33-30(13-4-5-14-30)28(38)43-18-20-6-2-1-3-7-20/h1-3,6-12,15,17,24-26,36H,4-5,13-14,16,18-19H2,(H,33,42)(H,32,37,39)/t24?,25-,26-,47?/m1/s1. The predicted octanol–water partition coefficient (Wildman–Crippen LogP) is 4.31. The van der Waals surface area contributed by atoms with Gasteiger partial charge in [-0.25, -0.2) is 9.36 Å². The summed E-state index contributed by atoms with van der Waals surface area (Å²) in [5.74, 6) is -0.701. The number of nitro groups is 1. The number of hydrogen-bond donors (Lipinski definition) is 3. The fourth-order valence-electron chi connectivity index (χ4n) is 5.42. The van der Waals surface area contributed by atoms with E-state index in [0.717, 1.165) is 22.3 Å². The number of benzene rings is 2. The number of aromatic amines is 1. The maximum Gasteiger partial charge on any atom is 0.459 e. The molecule has 2 heterocycles. The van der Waals surface area contributed by atoms with Gasteiger partial charge in [0, 0.05) is 24.8 Å². The number of nitrogens with one attached hydrogen (secondary N) is 2. The molecule has 3 aromatic rings. The lowest BCUT2D eigenvalue weighted by atomic mass is 10.00. The molecule has 0 radical (unpaired) electrons. The molecule has 2 fully saturated rings. The maximum absolute atomic E-state index is 14.4. The van der Waals surface area contributed by atoms with E-state index in [2.05, 4.69) is 26.0 Å². The Kier molecular flexibility index (Phi) is 10.9. The van der Waals surface area contributed by atoms with Crippen LogP contribution in [0.2, 0.25) is 0 Å². The van der Waals surface area contributed by atoms with Crippen LogP contribution in [-0.2, 0) is 30.0 Å². The second-order valence-corrected chi connectivity index (χ2v) is 13.3. The Morgan fingerprint density at radius 2 is 1.89 bits per heavy atom. The number of carbonyl (C=O) groups excluding carboxylic acids is 1. The highest BCUT2D eigenvalue weighted by Gasteiger charge is 2.50. The molecule has 17 heteroatoms. The van der Waals surface area contributed by atoms with Gasteiger partial charge in [-0.05, 0) is 41.6 Å². The number of carbonyl (C=O) groups is 1. The van der Waals surface area contributed by atoms with Gasteiger partial charge in [-0.15, -0.1) is 0 Å². The van der Waals surface area contributed by atoms with Crippen molar-refractivity contribution in [3.63, 3.8) is 0 Å². The summed E-state index contributed by atoms with van der Waals surface area (Å²) in [5, 5.41) is 24.8. The fraction of sp³-hybridized carbons (Fsp3) is 0.367. The van der Waals surface area contributed by atoms with E-state index in [1.54, 1.807) is 12.1 Å². The van der Waals surface area contributed by atoms with Gasteiger partial charge >= 0.3 is 19.4 Å². The van der Waals surface area contributed by atoms with Crippen molar-refractivity contribution in [1.82, 2.24) is 14.6 Å². The average molecular weight is 735 g/mol. The summed E-state index contributed by atoms with van der Waals surface area (Å²) in [4.78, 5) is 52.3. The van der Waals surface area contributed by atoms with Gasteiger partial charge < -0.3 is 19.1 Å². The smallest absolute Gasteiger partial charge is 0.459 e. The van der Waals surface area contributed by atoms with Gasteiger partial charge in [0.2, 0.25) is 0 Å². The third-order valence-electron chi connectivity index (χ3n) is 7.85. The molecule has 0 bridgehead atoms. The monoisotopic (exact) mass is 734 g/mol. The Bertz CT molecular complexity index is 1770. The molecule has 0 amide bonds. The summed E-state index contributed by atoms with van der Waals surface area (Å²) in [7, 11) is -4.49. The largest absolute Gasteiger partial charge is 0.459 e. The number of hydrogen-bond acceptors (Lipinski definition) is 11. The van der Waals surface area contributed by atoms with Crippen LogP contribution in [0.4, 0.5) is 5.69 Å². The number of esters is 1. The molecule has 2 aliphatic rings. The lowest BCUT2D eigenvalue weighted by Crippen LogP contribution is -2.50. The number of rotatable bonds is 13. The van der Waals surface area contributed by atoms with Gasteiger partial charge in [0.1, 0.15) is 30.2 Å². The van der Waals surface area contributed by atoms with Gasteiger partial charge in [-0.2, -0.15) is 5.09 Å². The highest BCUT2D eigenvalue weighted by Crippen LogP contribution is 2.50. The molecule has 2 unspecified atom stereocenters. The van der Waals surface area contributed by atoms with Crippen molar-refractivity contribution in [2.75, 3.05) is 6.61 Å². The van der Waals surface area contributed by atoms with E-state index in [0.29, 0.717) is 12.8 Å². The molecule has 0 spiro atoms. The van der Waals surface area contributed by atoms with Crippen LogP contribution in [0.5, 0.6) is 5.75 Å². The van der Waals surface area contributed by atoms with E-state index in [-0.39, 0.29) is 42.9 Å². The number of aliphatic hydroxyl groups is 1. The van der Waals surface area contributed by atoms with Gasteiger partial charge in [0.15, 0.2) is 0 Å². The molecule has 1 aliphatic heterocycles. The van der Waals surface area contributed by atoms with Crippen molar-refractivity contribution < 1.29 is 37.9 Å². The first-order valence-electron chi connectivity index (χ1n) is 14.7. The normalized spacial score (nSPS) is 21.8. The molecule has 3 N–H and O–H groups in total. The van der Waals surface area contributed by atoms with E-state index < -0.39 is 60.5 Å².